The minimum Gasteiger partial charge on any atom is -0.486 e. The third kappa shape index (κ3) is 3.21. The maximum atomic E-state index is 12.7. The average Bonchev–Trinajstić information content (AvgIpc) is 3.04. The van der Waals surface area contributed by atoms with Crippen molar-refractivity contribution in [3.05, 3.63) is 56.9 Å². The molecule has 140 valence electrons. The number of hydrogen-bond donors (Lipinski definition) is 0. The summed E-state index contributed by atoms with van der Waals surface area (Å²) in [7, 11) is 0. The molecule has 28 heavy (non-hydrogen) atoms. The summed E-state index contributed by atoms with van der Waals surface area (Å²) in [5.74, 6) is 3.13. The molecular formula is C19H13N3O5S. The van der Waals surface area contributed by atoms with Gasteiger partial charge in [0, 0.05) is 17.7 Å². The Balaban J connectivity index is 1.79. The smallest absolute Gasteiger partial charge is 0.279 e. The zero-order chi connectivity index (χ0) is 19.7. The number of nitro groups is 1. The number of benzene rings is 2. The lowest BCUT2D eigenvalue weighted by atomic mass is 10.2. The second-order valence-corrected chi connectivity index (χ2v) is 6.87. The largest absolute Gasteiger partial charge is 0.486 e. The molecule has 0 atom stereocenters. The van der Waals surface area contributed by atoms with E-state index in [1.54, 1.807) is 28.8 Å². The first kappa shape index (κ1) is 17.8. The maximum absolute atomic E-state index is 12.7. The second-order valence-electron chi connectivity index (χ2n) is 5.86. The van der Waals surface area contributed by atoms with Crippen molar-refractivity contribution < 1.29 is 19.2 Å². The Labute approximate surface area is 162 Å². The number of non-ortho nitro benzene ring substituents is 1. The van der Waals surface area contributed by atoms with E-state index < -0.39 is 10.8 Å². The molecule has 2 heterocycles. The normalized spacial score (nSPS) is 13.3. The highest BCUT2D eigenvalue weighted by molar-refractivity contribution is 7.16. The van der Waals surface area contributed by atoms with Crippen LogP contribution in [0, 0.1) is 22.5 Å². The minimum absolute atomic E-state index is 0.0358. The molecule has 0 unspecified atom stereocenters. The van der Waals surface area contributed by atoms with Gasteiger partial charge in [-0.2, -0.15) is 4.99 Å². The molecule has 1 aliphatic rings. The SMILES string of the molecule is C#CCn1c(=NC(=O)c2ccc3c(c2)OCCO3)sc2cc([N+](=O)[O-])ccc21. The lowest BCUT2D eigenvalue weighted by Gasteiger charge is -2.18. The van der Waals surface area contributed by atoms with Crippen molar-refractivity contribution in [3.8, 4) is 23.8 Å². The van der Waals surface area contributed by atoms with Gasteiger partial charge in [0.15, 0.2) is 16.3 Å². The van der Waals surface area contributed by atoms with Gasteiger partial charge in [0.2, 0.25) is 0 Å². The van der Waals surface area contributed by atoms with Gasteiger partial charge in [-0.25, -0.2) is 0 Å². The van der Waals surface area contributed by atoms with Crippen molar-refractivity contribution in [1.29, 1.82) is 0 Å². The van der Waals surface area contributed by atoms with Crippen LogP contribution in [0.1, 0.15) is 10.4 Å². The molecule has 0 saturated carbocycles. The molecule has 0 spiro atoms. The summed E-state index contributed by atoms with van der Waals surface area (Å²) in [5, 5.41) is 11.0. The fourth-order valence-corrected chi connectivity index (χ4v) is 3.89. The summed E-state index contributed by atoms with van der Waals surface area (Å²) < 4.78 is 13.3. The van der Waals surface area contributed by atoms with E-state index in [-0.39, 0.29) is 12.2 Å². The fourth-order valence-electron chi connectivity index (χ4n) is 2.83. The van der Waals surface area contributed by atoms with Crippen LogP contribution in [-0.4, -0.2) is 28.6 Å². The molecule has 3 aromatic rings. The number of amides is 1. The van der Waals surface area contributed by atoms with E-state index in [0.717, 1.165) is 0 Å². The molecule has 1 amide bonds. The highest BCUT2D eigenvalue weighted by Crippen LogP contribution is 2.31. The van der Waals surface area contributed by atoms with Crippen molar-refractivity contribution in [1.82, 2.24) is 4.57 Å². The van der Waals surface area contributed by atoms with Gasteiger partial charge in [0.25, 0.3) is 11.6 Å². The molecule has 2 aromatic carbocycles. The quantitative estimate of drug-likeness (QED) is 0.386. The Morgan fingerprint density at radius 2 is 2.04 bits per heavy atom. The second kappa shape index (κ2) is 7.17. The minimum atomic E-state index is -0.470. The number of rotatable bonds is 3. The van der Waals surface area contributed by atoms with Gasteiger partial charge in [-0.1, -0.05) is 17.3 Å². The summed E-state index contributed by atoms with van der Waals surface area (Å²) in [5.41, 5.74) is 0.994. The van der Waals surface area contributed by atoms with Crippen LogP contribution in [0.5, 0.6) is 11.5 Å². The van der Waals surface area contributed by atoms with Gasteiger partial charge in [-0.3, -0.25) is 14.9 Å². The number of ether oxygens (including phenoxy) is 2. The van der Waals surface area contributed by atoms with Crippen LogP contribution in [0.15, 0.2) is 41.4 Å². The Kier molecular flexibility index (Phi) is 4.55. The molecule has 0 aliphatic carbocycles. The first-order valence-corrected chi connectivity index (χ1v) is 9.08. The predicted molar refractivity (Wildman–Crippen MR) is 103 cm³/mol. The van der Waals surface area contributed by atoms with Crippen LogP contribution in [-0.2, 0) is 6.54 Å². The molecule has 1 aliphatic heterocycles. The molecule has 0 saturated heterocycles. The van der Waals surface area contributed by atoms with Gasteiger partial charge in [-0.05, 0) is 24.3 Å². The van der Waals surface area contributed by atoms with E-state index in [0.29, 0.717) is 45.3 Å². The molecule has 0 bridgehead atoms. The number of fused-ring (bicyclic) bond motifs is 2. The predicted octanol–water partition coefficient (Wildman–Crippen LogP) is 2.76. The van der Waals surface area contributed by atoms with E-state index in [2.05, 4.69) is 10.9 Å². The third-order valence-electron chi connectivity index (χ3n) is 4.11. The number of thiazole rings is 1. The Morgan fingerprint density at radius 3 is 2.79 bits per heavy atom. The zero-order valence-electron chi connectivity index (χ0n) is 14.5. The topological polar surface area (TPSA) is 96.0 Å². The van der Waals surface area contributed by atoms with Crippen molar-refractivity contribution in [2.45, 2.75) is 6.54 Å². The van der Waals surface area contributed by atoms with Gasteiger partial charge < -0.3 is 14.0 Å². The maximum Gasteiger partial charge on any atom is 0.279 e. The van der Waals surface area contributed by atoms with Crippen LogP contribution >= 0.6 is 11.3 Å². The number of carbonyl (C=O) groups is 1. The highest BCUT2D eigenvalue weighted by atomic mass is 32.1. The average molecular weight is 395 g/mol. The summed E-state index contributed by atoms with van der Waals surface area (Å²) in [4.78, 5) is 27.8. The number of nitrogens with zero attached hydrogens (tertiary/aromatic N) is 3. The van der Waals surface area contributed by atoms with Gasteiger partial charge in [0.05, 0.1) is 21.7 Å². The number of nitro benzene ring substituents is 1. The van der Waals surface area contributed by atoms with Gasteiger partial charge in [0.1, 0.15) is 13.2 Å². The van der Waals surface area contributed by atoms with Crippen molar-refractivity contribution in [3.63, 3.8) is 0 Å². The van der Waals surface area contributed by atoms with Gasteiger partial charge in [-0.15, -0.1) is 6.42 Å². The first-order valence-electron chi connectivity index (χ1n) is 8.27. The number of hydrogen-bond acceptors (Lipinski definition) is 6. The van der Waals surface area contributed by atoms with Crippen LogP contribution in [0.25, 0.3) is 10.2 Å². The first-order chi connectivity index (χ1) is 13.6. The molecular weight excluding hydrogens is 382 g/mol. The standard InChI is InChI=1S/C19H13N3O5S/c1-2-7-21-14-5-4-13(22(24)25)11-17(14)28-19(21)20-18(23)12-3-6-15-16(10-12)27-9-8-26-15/h1,3-6,10-11H,7-9H2. The summed E-state index contributed by atoms with van der Waals surface area (Å²) in [6.45, 7) is 1.06. The molecule has 0 fully saturated rings. The molecule has 9 heteroatoms. The molecule has 8 nitrogen and oxygen atoms in total. The highest BCUT2D eigenvalue weighted by Gasteiger charge is 2.16. The lowest BCUT2D eigenvalue weighted by molar-refractivity contribution is -0.384. The Hall–Kier alpha value is -3.64. The Morgan fingerprint density at radius 1 is 1.25 bits per heavy atom. The molecule has 1 aromatic heterocycles. The fraction of sp³-hybridized carbons (Fsp3) is 0.158. The van der Waals surface area contributed by atoms with Crippen LogP contribution in [0.4, 0.5) is 5.69 Å². The summed E-state index contributed by atoms with van der Waals surface area (Å²) in [6, 6.07) is 9.32. The zero-order valence-corrected chi connectivity index (χ0v) is 15.3. The lowest BCUT2D eigenvalue weighted by Crippen LogP contribution is -2.17. The third-order valence-corrected chi connectivity index (χ3v) is 5.15. The van der Waals surface area contributed by atoms with E-state index in [4.69, 9.17) is 15.9 Å². The van der Waals surface area contributed by atoms with Crippen molar-refractivity contribution >= 4 is 33.1 Å². The van der Waals surface area contributed by atoms with Crippen LogP contribution < -0.4 is 14.3 Å². The summed E-state index contributed by atoms with van der Waals surface area (Å²) in [6.07, 6.45) is 5.44. The molecule has 0 radical (unpaired) electrons. The van der Waals surface area contributed by atoms with E-state index in [9.17, 15) is 14.9 Å². The number of aromatic nitrogens is 1. The van der Waals surface area contributed by atoms with Gasteiger partial charge >= 0.3 is 0 Å². The van der Waals surface area contributed by atoms with Crippen LogP contribution in [0.3, 0.4) is 0 Å². The number of carbonyl (C=O) groups excluding carboxylic acids is 1. The summed E-state index contributed by atoms with van der Waals surface area (Å²) >= 11 is 1.17. The van der Waals surface area contributed by atoms with Crippen molar-refractivity contribution in [2.75, 3.05) is 13.2 Å². The molecule has 4 rings (SSSR count). The van der Waals surface area contributed by atoms with E-state index in [1.807, 2.05) is 0 Å². The molecule has 0 N–H and O–H groups in total. The monoisotopic (exact) mass is 395 g/mol. The Bertz CT molecular complexity index is 1220. The van der Waals surface area contributed by atoms with Crippen LogP contribution in [0.2, 0.25) is 0 Å². The van der Waals surface area contributed by atoms with E-state index in [1.165, 1.54) is 23.5 Å². The van der Waals surface area contributed by atoms with E-state index >= 15 is 0 Å². The van der Waals surface area contributed by atoms with Crippen molar-refractivity contribution in [2.24, 2.45) is 4.99 Å². The number of terminal acetylenes is 1.